The Kier molecular flexibility index (Phi) is 6.46. The quantitative estimate of drug-likeness (QED) is 0.166. The number of hydrogen-bond donors (Lipinski definition) is 0. The van der Waals surface area contributed by atoms with E-state index in [2.05, 4.69) is 190 Å². The van der Waals surface area contributed by atoms with E-state index in [1.54, 1.807) is 0 Å². The van der Waals surface area contributed by atoms with Crippen molar-refractivity contribution in [2.45, 2.75) is 19.3 Å². The van der Waals surface area contributed by atoms with E-state index in [4.69, 9.17) is 4.42 Å². The van der Waals surface area contributed by atoms with Gasteiger partial charge in [0, 0.05) is 16.2 Å². The highest BCUT2D eigenvalue weighted by atomic mass is 16.3. The molecule has 1 aromatic heterocycles. The van der Waals surface area contributed by atoms with Crippen LogP contribution in [0.1, 0.15) is 25.0 Å². The van der Waals surface area contributed by atoms with Crippen molar-refractivity contribution in [3.8, 4) is 44.5 Å². The molecule has 0 amide bonds. The number of rotatable bonds is 3. The highest BCUT2D eigenvalue weighted by molar-refractivity contribution is 6.22. The molecule has 12 rings (SSSR count). The Bertz CT molecular complexity index is 3370. The third-order valence-electron chi connectivity index (χ3n) is 12.6. The molecular formula is C55H36O. The lowest BCUT2D eigenvalue weighted by Gasteiger charge is -2.23. The second kappa shape index (κ2) is 11.5. The maximum Gasteiger partial charge on any atom is 0.136 e. The third kappa shape index (κ3) is 4.37. The molecular weight excluding hydrogens is 677 g/mol. The summed E-state index contributed by atoms with van der Waals surface area (Å²) in [5, 5.41) is 12.5. The highest BCUT2D eigenvalue weighted by Gasteiger charge is 2.37. The van der Waals surface area contributed by atoms with Gasteiger partial charge in [0.2, 0.25) is 0 Å². The summed E-state index contributed by atoms with van der Waals surface area (Å²) in [4.78, 5) is 0. The van der Waals surface area contributed by atoms with Gasteiger partial charge >= 0.3 is 0 Å². The van der Waals surface area contributed by atoms with Gasteiger partial charge in [-0.3, -0.25) is 0 Å². The average Bonchev–Trinajstić information content (AvgIpc) is 3.74. The lowest BCUT2D eigenvalue weighted by atomic mass is 9.79. The van der Waals surface area contributed by atoms with E-state index >= 15 is 0 Å². The molecule has 262 valence electrons. The molecule has 0 unspecified atom stereocenters. The van der Waals surface area contributed by atoms with Gasteiger partial charge < -0.3 is 4.42 Å². The van der Waals surface area contributed by atoms with Gasteiger partial charge in [-0.1, -0.05) is 172 Å². The molecule has 1 aliphatic carbocycles. The van der Waals surface area contributed by atoms with Gasteiger partial charge in [-0.25, -0.2) is 0 Å². The van der Waals surface area contributed by atoms with Crippen molar-refractivity contribution in [3.63, 3.8) is 0 Å². The summed E-state index contributed by atoms with van der Waals surface area (Å²) in [6.07, 6.45) is 0. The molecule has 1 heterocycles. The van der Waals surface area contributed by atoms with E-state index in [1.807, 2.05) is 6.07 Å². The van der Waals surface area contributed by atoms with Crippen LogP contribution in [0.25, 0.3) is 110 Å². The summed E-state index contributed by atoms with van der Waals surface area (Å²) in [7, 11) is 0. The first-order chi connectivity index (χ1) is 27.5. The third-order valence-corrected chi connectivity index (χ3v) is 12.6. The van der Waals surface area contributed by atoms with Crippen LogP contribution in [-0.2, 0) is 5.41 Å². The molecule has 0 radical (unpaired) electrons. The molecule has 0 atom stereocenters. The molecule has 10 aromatic carbocycles. The summed E-state index contributed by atoms with van der Waals surface area (Å²) < 4.78 is 6.27. The van der Waals surface area contributed by atoms with E-state index < -0.39 is 0 Å². The van der Waals surface area contributed by atoms with Gasteiger partial charge in [0.1, 0.15) is 11.2 Å². The molecule has 0 N–H and O–H groups in total. The molecule has 0 spiro atoms. The Morgan fingerprint density at radius 3 is 1.66 bits per heavy atom. The number of hydrogen-bond acceptors (Lipinski definition) is 1. The topological polar surface area (TPSA) is 13.1 Å². The normalized spacial score (nSPS) is 13.3. The summed E-state index contributed by atoms with van der Waals surface area (Å²) in [6.45, 7) is 4.76. The summed E-state index contributed by atoms with van der Waals surface area (Å²) in [6, 6.07) is 67.2. The van der Waals surface area contributed by atoms with Crippen molar-refractivity contribution >= 4 is 65.0 Å². The minimum absolute atomic E-state index is 0.138. The van der Waals surface area contributed by atoms with Crippen molar-refractivity contribution < 1.29 is 4.42 Å². The predicted molar refractivity (Wildman–Crippen MR) is 238 cm³/mol. The predicted octanol–water partition coefficient (Wildman–Crippen LogP) is 15.5. The zero-order valence-electron chi connectivity index (χ0n) is 31.2. The first-order valence-corrected chi connectivity index (χ1v) is 19.6. The Hall–Kier alpha value is -6.96. The Balaban J connectivity index is 0.981. The van der Waals surface area contributed by atoms with Crippen LogP contribution in [0.5, 0.6) is 0 Å². The number of fused-ring (bicyclic) bond motifs is 12. The van der Waals surface area contributed by atoms with Crippen LogP contribution >= 0.6 is 0 Å². The molecule has 0 fully saturated rings. The van der Waals surface area contributed by atoms with E-state index in [-0.39, 0.29) is 5.41 Å². The first kappa shape index (κ1) is 31.4. The van der Waals surface area contributed by atoms with Crippen molar-refractivity contribution in [3.05, 3.63) is 193 Å². The van der Waals surface area contributed by atoms with E-state index in [1.165, 1.54) is 109 Å². The Morgan fingerprint density at radius 1 is 0.357 bits per heavy atom. The van der Waals surface area contributed by atoms with Crippen molar-refractivity contribution in [2.24, 2.45) is 0 Å². The lowest BCUT2D eigenvalue weighted by Crippen LogP contribution is -2.15. The largest absolute Gasteiger partial charge is 0.456 e. The zero-order valence-corrected chi connectivity index (χ0v) is 31.2. The Morgan fingerprint density at radius 2 is 0.929 bits per heavy atom. The highest BCUT2D eigenvalue weighted by Crippen LogP contribution is 2.53. The molecule has 0 saturated heterocycles. The molecule has 11 aromatic rings. The molecule has 1 nitrogen and oxygen atoms in total. The maximum atomic E-state index is 6.27. The molecule has 0 bridgehead atoms. The van der Waals surface area contributed by atoms with Crippen LogP contribution in [-0.4, -0.2) is 0 Å². The van der Waals surface area contributed by atoms with Crippen LogP contribution in [0.3, 0.4) is 0 Å². The fourth-order valence-electron chi connectivity index (χ4n) is 10.1. The van der Waals surface area contributed by atoms with Gasteiger partial charge in [0.05, 0.1) is 0 Å². The van der Waals surface area contributed by atoms with Gasteiger partial charge in [-0.2, -0.15) is 0 Å². The smallest absolute Gasteiger partial charge is 0.136 e. The molecule has 0 saturated carbocycles. The molecule has 56 heavy (non-hydrogen) atoms. The van der Waals surface area contributed by atoms with Crippen molar-refractivity contribution in [1.82, 2.24) is 0 Å². The van der Waals surface area contributed by atoms with Crippen LogP contribution in [0.4, 0.5) is 0 Å². The average molecular weight is 713 g/mol. The summed E-state index contributed by atoms with van der Waals surface area (Å²) in [5.74, 6) is 0. The van der Waals surface area contributed by atoms with Crippen LogP contribution in [0.15, 0.2) is 186 Å². The fraction of sp³-hybridized carbons (Fsp3) is 0.0545. The number of benzene rings is 10. The fourth-order valence-corrected chi connectivity index (χ4v) is 10.1. The van der Waals surface area contributed by atoms with Crippen LogP contribution < -0.4 is 0 Å². The molecule has 0 aliphatic heterocycles. The molecule has 1 heteroatoms. The van der Waals surface area contributed by atoms with Gasteiger partial charge in [-0.05, 0) is 123 Å². The number of furan rings is 1. The first-order valence-electron chi connectivity index (χ1n) is 19.6. The van der Waals surface area contributed by atoms with E-state index in [0.29, 0.717) is 0 Å². The zero-order chi connectivity index (χ0) is 37.1. The van der Waals surface area contributed by atoms with Crippen LogP contribution in [0, 0.1) is 0 Å². The monoisotopic (exact) mass is 712 g/mol. The van der Waals surface area contributed by atoms with E-state index in [9.17, 15) is 0 Å². The maximum absolute atomic E-state index is 6.27. The second-order valence-corrected chi connectivity index (χ2v) is 16.0. The minimum atomic E-state index is -0.138. The second-order valence-electron chi connectivity index (χ2n) is 16.0. The van der Waals surface area contributed by atoms with Crippen molar-refractivity contribution in [1.29, 1.82) is 0 Å². The van der Waals surface area contributed by atoms with Gasteiger partial charge in [-0.15, -0.1) is 0 Å². The number of para-hydroxylation sites is 1. The lowest BCUT2D eigenvalue weighted by molar-refractivity contribution is 0.665. The standard InChI is InChI=1S/C55H36O/c1-55(2)48-29-25-37(32-47(48)45-27-26-43-44(54(45)55)28-30-50-53(43)46-17-9-10-18-49(46)56-50)34-19-22-35(23-20-34)51-39-13-5-7-15-41(39)52(42-16-8-6-14-40(42)51)38-24-21-33-11-3-4-12-36(33)31-38/h3-32H,1-2H3. The van der Waals surface area contributed by atoms with Crippen molar-refractivity contribution in [2.75, 3.05) is 0 Å². The van der Waals surface area contributed by atoms with E-state index in [0.717, 1.165) is 11.2 Å². The minimum Gasteiger partial charge on any atom is -0.456 e. The van der Waals surface area contributed by atoms with Gasteiger partial charge in [0.25, 0.3) is 0 Å². The Labute approximate surface area is 325 Å². The summed E-state index contributed by atoms with van der Waals surface area (Å²) in [5.41, 5.74) is 14.7. The van der Waals surface area contributed by atoms with Crippen LogP contribution in [0.2, 0.25) is 0 Å². The van der Waals surface area contributed by atoms with Gasteiger partial charge in [0.15, 0.2) is 0 Å². The SMILES string of the molecule is CC1(C)c2ccc(-c3ccc(-c4c5ccccc5c(-c5ccc6ccccc6c5)c5ccccc45)cc3)cc2-c2ccc3c(ccc4oc5ccccc5c43)c21. The summed E-state index contributed by atoms with van der Waals surface area (Å²) >= 11 is 0. The molecule has 1 aliphatic rings.